The molecule has 0 spiro atoms. The van der Waals surface area contributed by atoms with E-state index in [1.807, 2.05) is 50.2 Å². The highest BCUT2D eigenvalue weighted by atomic mass is 28.4. The van der Waals surface area contributed by atoms with E-state index in [-0.39, 0.29) is 30.6 Å². The molecule has 3 rings (SSSR count). The molecule has 0 saturated heterocycles. The van der Waals surface area contributed by atoms with Crippen LogP contribution in [-0.4, -0.2) is 68.2 Å². The van der Waals surface area contributed by atoms with Gasteiger partial charge in [-0.3, -0.25) is 0 Å². The summed E-state index contributed by atoms with van der Waals surface area (Å²) < 4.78 is 41.5. The maximum atomic E-state index is 7.59. The van der Waals surface area contributed by atoms with Gasteiger partial charge in [-0.05, 0) is 59.3 Å². The zero-order valence-corrected chi connectivity index (χ0v) is 34.3. The van der Waals surface area contributed by atoms with E-state index in [0.717, 1.165) is 23.3 Å². The van der Waals surface area contributed by atoms with Gasteiger partial charge < -0.3 is 32.8 Å². The summed E-state index contributed by atoms with van der Waals surface area (Å²) in [5.74, 6) is 14.6. The van der Waals surface area contributed by atoms with Gasteiger partial charge in [0, 0.05) is 40.6 Å². The minimum Gasteiger partial charge on any atom is -0.497 e. The lowest BCUT2D eigenvalue weighted by Gasteiger charge is -2.45. The fourth-order valence-electron chi connectivity index (χ4n) is 6.40. The molecule has 0 saturated carbocycles. The van der Waals surface area contributed by atoms with E-state index in [9.17, 15) is 0 Å². The second-order valence-electron chi connectivity index (χ2n) is 14.4. The van der Waals surface area contributed by atoms with E-state index in [1.165, 1.54) is 10.4 Å². The van der Waals surface area contributed by atoms with E-state index in [0.29, 0.717) is 25.9 Å². The van der Waals surface area contributed by atoms with Gasteiger partial charge in [0.15, 0.2) is 6.29 Å². The number of benzene rings is 3. The lowest BCUT2D eigenvalue weighted by molar-refractivity contribution is -0.112. The molecule has 0 radical (unpaired) electrons. The quantitative estimate of drug-likeness (QED) is 0.0384. The van der Waals surface area contributed by atoms with Crippen molar-refractivity contribution in [1.29, 1.82) is 0 Å². The summed E-state index contributed by atoms with van der Waals surface area (Å²) in [7, 11) is 3.60. The third-order valence-corrected chi connectivity index (χ3v) is 14.4. The van der Waals surface area contributed by atoms with Crippen LogP contribution in [0.4, 0.5) is 0 Å². The van der Waals surface area contributed by atoms with Crippen LogP contribution in [0.25, 0.3) is 0 Å². The highest BCUT2D eigenvalue weighted by molar-refractivity contribution is 6.99. The van der Waals surface area contributed by atoms with E-state index in [1.54, 1.807) is 28.4 Å². The van der Waals surface area contributed by atoms with Crippen molar-refractivity contribution >= 4 is 18.7 Å². The Morgan fingerprint density at radius 3 is 1.92 bits per heavy atom. The molecule has 3 aromatic carbocycles. The summed E-state index contributed by atoms with van der Waals surface area (Å²) in [6.45, 7) is 15.8. The zero-order valence-electron chi connectivity index (χ0n) is 33.3. The molecule has 0 fully saturated rings. The van der Waals surface area contributed by atoms with Gasteiger partial charge in [-0.1, -0.05) is 123 Å². The molecule has 3 aromatic rings. The molecule has 53 heavy (non-hydrogen) atoms. The molecule has 0 heterocycles. The Balaban J connectivity index is 2.01. The van der Waals surface area contributed by atoms with Gasteiger partial charge in [0.2, 0.25) is 0 Å². The van der Waals surface area contributed by atoms with Crippen LogP contribution in [-0.2, 0) is 34.7 Å². The van der Waals surface area contributed by atoms with Crippen molar-refractivity contribution in [1.82, 2.24) is 0 Å². The van der Waals surface area contributed by atoms with E-state index >= 15 is 0 Å². The minimum atomic E-state index is -2.98. The molecule has 0 N–H and O–H groups in total. The first-order valence-electron chi connectivity index (χ1n) is 18.2. The standard InChI is InChI=1S/C45H60O7Si/c1-36(2)38(32-43(48-9)49-10)20-17-18-21-40(52-53(44(3,4)5,41-22-13-11-14-23-41)42-24-15-12-16-25-42)33-45(6,51-35-46-7)30-19-31-50-34-37-26-28-39(47-8)29-27-37/h11-16,22-29,38,40,43H,1,17,20,31-35H2,2-10H3/t38-,40?,45?/m0/s1. The van der Waals surface area contributed by atoms with Crippen molar-refractivity contribution in [3.8, 4) is 29.4 Å². The largest absolute Gasteiger partial charge is 0.497 e. The zero-order chi connectivity index (χ0) is 38.7. The van der Waals surface area contributed by atoms with Crippen molar-refractivity contribution in [2.45, 2.75) is 89.9 Å². The summed E-state index contributed by atoms with van der Waals surface area (Å²) in [5, 5.41) is 2.10. The van der Waals surface area contributed by atoms with Crippen LogP contribution in [0.3, 0.4) is 0 Å². The number of allylic oxidation sites excluding steroid dienone is 1. The van der Waals surface area contributed by atoms with Gasteiger partial charge in [-0.2, -0.15) is 0 Å². The molecule has 2 unspecified atom stereocenters. The number of hydrogen-bond acceptors (Lipinski definition) is 7. The predicted molar refractivity (Wildman–Crippen MR) is 217 cm³/mol. The Morgan fingerprint density at radius 2 is 1.42 bits per heavy atom. The highest BCUT2D eigenvalue weighted by Gasteiger charge is 2.52. The molecule has 0 aromatic heterocycles. The molecular weight excluding hydrogens is 681 g/mol. The summed E-state index contributed by atoms with van der Waals surface area (Å²) >= 11 is 0. The third-order valence-electron chi connectivity index (χ3n) is 9.34. The van der Waals surface area contributed by atoms with Gasteiger partial charge in [-0.15, -0.1) is 5.92 Å². The molecule has 286 valence electrons. The fourth-order valence-corrected chi connectivity index (χ4v) is 11.0. The summed E-state index contributed by atoms with van der Waals surface area (Å²) in [6.07, 6.45) is 1.75. The second kappa shape index (κ2) is 21.9. The predicted octanol–water partition coefficient (Wildman–Crippen LogP) is 7.91. The van der Waals surface area contributed by atoms with Gasteiger partial charge in [0.05, 0.1) is 13.7 Å². The molecule has 0 aliphatic heterocycles. The molecule has 0 bridgehead atoms. The number of ether oxygens (including phenoxy) is 6. The lowest BCUT2D eigenvalue weighted by atomic mass is 9.92. The Morgan fingerprint density at radius 1 is 0.811 bits per heavy atom. The SMILES string of the molecule is C=C(C)[C@@H](CCC#CC(CC(C)(C#CCOCc1ccc(OC)cc1)OCOC)O[Si](c1ccccc1)(c1ccccc1)C(C)(C)C)CC(OC)OC. The Bertz CT molecular complexity index is 1590. The van der Waals surface area contributed by atoms with E-state index < -0.39 is 20.0 Å². The molecule has 8 heteroatoms. The van der Waals surface area contributed by atoms with Crippen LogP contribution in [0.5, 0.6) is 5.75 Å². The third kappa shape index (κ3) is 13.3. The van der Waals surface area contributed by atoms with Crippen molar-refractivity contribution < 1.29 is 32.8 Å². The van der Waals surface area contributed by atoms with Crippen LogP contribution in [0.2, 0.25) is 5.04 Å². The van der Waals surface area contributed by atoms with Crippen LogP contribution in [0.1, 0.15) is 65.9 Å². The normalized spacial score (nSPS) is 13.9. The first-order chi connectivity index (χ1) is 25.4. The average molecular weight is 741 g/mol. The highest BCUT2D eigenvalue weighted by Crippen LogP contribution is 2.38. The van der Waals surface area contributed by atoms with E-state index in [4.69, 9.17) is 32.8 Å². The smallest absolute Gasteiger partial charge is 0.262 e. The van der Waals surface area contributed by atoms with Crippen LogP contribution in [0, 0.1) is 29.6 Å². The van der Waals surface area contributed by atoms with Crippen molar-refractivity contribution in [2.24, 2.45) is 5.92 Å². The van der Waals surface area contributed by atoms with Crippen LogP contribution >= 0.6 is 0 Å². The summed E-state index contributed by atoms with van der Waals surface area (Å²) in [4.78, 5) is 0. The first-order valence-corrected chi connectivity index (χ1v) is 20.1. The topological polar surface area (TPSA) is 64.6 Å². The number of rotatable bonds is 20. The van der Waals surface area contributed by atoms with Gasteiger partial charge >= 0.3 is 0 Å². The molecule has 0 aliphatic rings. The Labute approximate surface area is 320 Å². The molecular formula is C45H60O7Si. The maximum Gasteiger partial charge on any atom is 0.262 e. The van der Waals surface area contributed by atoms with Crippen LogP contribution < -0.4 is 15.1 Å². The molecule has 3 atom stereocenters. The molecule has 0 aliphatic carbocycles. The first kappa shape index (κ1) is 43.7. The lowest BCUT2D eigenvalue weighted by Crippen LogP contribution is -2.67. The van der Waals surface area contributed by atoms with Gasteiger partial charge in [0.1, 0.15) is 30.9 Å². The molecule has 7 nitrogen and oxygen atoms in total. The van der Waals surface area contributed by atoms with Crippen LogP contribution in [0.15, 0.2) is 97.1 Å². The maximum absolute atomic E-state index is 7.59. The van der Waals surface area contributed by atoms with Crippen molar-refractivity contribution in [2.75, 3.05) is 41.8 Å². The average Bonchev–Trinajstić information content (AvgIpc) is 3.16. The van der Waals surface area contributed by atoms with Crippen molar-refractivity contribution in [3.05, 3.63) is 103 Å². The Kier molecular flexibility index (Phi) is 18.0. The van der Waals surface area contributed by atoms with Gasteiger partial charge in [-0.25, -0.2) is 0 Å². The summed E-state index contributed by atoms with van der Waals surface area (Å²) in [6, 6.07) is 29.0. The molecule has 0 amide bonds. The Hall–Kier alpha value is -3.70. The summed E-state index contributed by atoms with van der Waals surface area (Å²) in [5.41, 5.74) is 1.17. The van der Waals surface area contributed by atoms with Gasteiger partial charge in [0.25, 0.3) is 8.32 Å². The van der Waals surface area contributed by atoms with Crippen molar-refractivity contribution in [3.63, 3.8) is 0 Å². The number of methoxy groups -OCH3 is 4. The minimum absolute atomic E-state index is 0.0672. The van der Waals surface area contributed by atoms with E-state index in [2.05, 4.69) is 99.6 Å². The second-order valence-corrected chi connectivity index (χ2v) is 18.7. The monoisotopic (exact) mass is 740 g/mol. The number of hydrogen-bond donors (Lipinski definition) is 0. The fraction of sp³-hybridized carbons (Fsp3) is 0.467.